The Morgan fingerprint density at radius 2 is 2.14 bits per heavy atom. The number of fused-ring (bicyclic) bond motifs is 3. The zero-order valence-corrected chi connectivity index (χ0v) is 13.1. The molecule has 22 heavy (non-hydrogen) atoms. The number of hydrogen-bond acceptors (Lipinski definition) is 1. The summed E-state index contributed by atoms with van der Waals surface area (Å²) in [7, 11) is 1.77. The molecule has 2 aromatic rings. The van der Waals surface area contributed by atoms with Gasteiger partial charge in [-0.1, -0.05) is 18.2 Å². The van der Waals surface area contributed by atoms with Gasteiger partial charge in [0.25, 0.3) is 0 Å². The second kappa shape index (κ2) is 7.46. The van der Waals surface area contributed by atoms with E-state index in [2.05, 4.69) is 57.4 Å². The SMILES string of the molecule is C#C.C/C=N\C(=NC)NC1CCCc2c1[nH]c1ccccc21. The molecule has 0 saturated carbocycles. The van der Waals surface area contributed by atoms with Gasteiger partial charge in [-0.15, -0.1) is 12.8 Å². The van der Waals surface area contributed by atoms with Crippen LogP contribution in [0.5, 0.6) is 0 Å². The van der Waals surface area contributed by atoms with E-state index in [0.29, 0.717) is 5.96 Å². The Bertz CT molecular complexity index is 706. The molecule has 4 heteroatoms. The van der Waals surface area contributed by atoms with Crippen LogP contribution in [0.4, 0.5) is 0 Å². The molecule has 1 aromatic carbocycles. The lowest BCUT2D eigenvalue weighted by molar-refractivity contribution is 0.517. The molecule has 0 spiro atoms. The second-order valence-corrected chi connectivity index (χ2v) is 5.09. The number of aryl methyl sites for hydroxylation is 1. The lowest BCUT2D eigenvalue weighted by atomic mass is 9.92. The number of rotatable bonds is 1. The summed E-state index contributed by atoms with van der Waals surface area (Å²) in [4.78, 5) is 12.0. The molecule has 1 atom stereocenters. The van der Waals surface area contributed by atoms with Crippen LogP contribution >= 0.6 is 0 Å². The van der Waals surface area contributed by atoms with Crippen molar-refractivity contribution in [1.82, 2.24) is 10.3 Å². The van der Waals surface area contributed by atoms with Crippen molar-refractivity contribution in [3.63, 3.8) is 0 Å². The topological polar surface area (TPSA) is 52.5 Å². The molecule has 114 valence electrons. The van der Waals surface area contributed by atoms with Crippen molar-refractivity contribution in [2.75, 3.05) is 7.05 Å². The van der Waals surface area contributed by atoms with Crippen molar-refractivity contribution >= 4 is 23.1 Å². The standard InChI is InChI=1S/C16H20N4.C2H2/c1-3-18-16(17-2)20-14-10-6-8-12-11-7-4-5-9-13(11)19-15(12)14;1-2/h3-5,7,9,14,19H,6,8,10H2,1-2H3,(H,17,20);1-2H/b18-3-;. The monoisotopic (exact) mass is 294 g/mol. The van der Waals surface area contributed by atoms with Crippen LogP contribution in [0.15, 0.2) is 34.3 Å². The Hall–Kier alpha value is -2.54. The van der Waals surface area contributed by atoms with Gasteiger partial charge in [-0.05, 0) is 37.8 Å². The first-order valence-corrected chi connectivity index (χ1v) is 7.48. The maximum absolute atomic E-state index is 4.26. The van der Waals surface area contributed by atoms with E-state index in [0.717, 1.165) is 12.8 Å². The Kier molecular flexibility index (Phi) is 5.37. The van der Waals surface area contributed by atoms with Crippen molar-refractivity contribution < 1.29 is 0 Å². The van der Waals surface area contributed by atoms with E-state index in [1.165, 1.54) is 28.6 Å². The number of guanidine groups is 1. The average molecular weight is 294 g/mol. The summed E-state index contributed by atoms with van der Waals surface area (Å²) in [5.74, 6) is 0.698. The van der Waals surface area contributed by atoms with Gasteiger partial charge in [0.1, 0.15) is 0 Å². The van der Waals surface area contributed by atoms with Gasteiger partial charge >= 0.3 is 0 Å². The first-order valence-electron chi connectivity index (χ1n) is 7.48. The van der Waals surface area contributed by atoms with Crippen LogP contribution in [0.2, 0.25) is 0 Å². The predicted octanol–water partition coefficient (Wildman–Crippen LogP) is 3.46. The molecule has 1 heterocycles. The maximum atomic E-state index is 4.26. The molecule has 0 amide bonds. The van der Waals surface area contributed by atoms with Gasteiger partial charge in [-0.3, -0.25) is 4.99 Å². The summed E-state index contributed by atoms with van der Waals surface area (Å²) in [6.07, 6.45) is 13.2. The molecule has 1 unspecified atom stereocenters. The van der Waals surface area contributed by atoms with Crippen molar-refractivity contribution in [1.29, 1.82) is 0 Å². The van der Waals surface area contributed by atoms with Crippen LogP contribution in [0.25, 0.3) is 10.9 Å². The van der Waals surface area contributed by atoms with Crippen LogP contribution < -0.4 is 5.32 Å². The zero-order chi connectivity index (χ0) is 15.9. The molecule has 0 fully saturated rings. The molecular formula is C18H22N4. The van der Waals surface area contributed by atoms with Crippen molar-refractivity contribution in [2.45, 2.75) is 32.2 Å². The third-order valence-electron chi connectivity index (χ3n) is 3.88. The Labute approximate surface area is 131 Å². The minimum Gasteiger partial charge on any atom is -0.356 e. The number of nitrogens with one attached hydrogen (secondary N) is 2. The molecule has 0 aliphatic heterocycles. The van der Waals surface area contributed by atoms with Crippen molar-refractivity contribution in [2.24, 2.45) is 9.98 Å². The van der Waals surface area contributed by atoms with Crippen LogP contribution in [-0.4, -0.2) is 24.2 Å². The number of para-hydroxylation sites is 1. The Morgan fingerprint density at radius 1 is 1.36 bits per heavy atom. The third-order valence-corrected chi connectivity index (χ3v) is 3.88. The summed E-state index contributed by atoms with van der Waals surface area (Å²) in [6.45, 7) is 1.90. The van der Waals surface area contributed by atoms with E-state index < -0.39 is 0 Å². The lowest BCUT2D eigenvalue weighted by Crippen LogP contribution is -2.30. The Balaban J connectivity index is 0.000000847. The maximum Gasteiger partial charge on any atom is 0.217 e. The highest BCUT2D eigenvalue weighted by atomic mass is 15.1. The highest BCUT2D eigenvalue weighted by molar-refractivity contribution is 5.88. The van der Waals surface area contributed by atoms with Gasteiger partial charge in [0.2, 0.25) is 5.96 Å². The molecule has 0 bridgehead atoms. The number of terminal acetylenes is 1. The summed E-state index contributed by atoms with van der Waals surface area (Å²) in [5.41, 5.74) is 3.96. The number of nitrogens with zero attached hydrogens (tertiary/aromatic N) is 2. The third kappa shape index (κ3) is 3.04. The minimum atomic E-state index is 0.272. The largest absolute Gasteiger partial charge is 0.356 e. The van der Waals surface area contributed by atoms with Crippen LogP contribution in [0.3, 0.4) is 0 Å². The Morgan fingerprint density at radius 3 is 2.86 bits per heavy atom. The number of aromatic amines is 1. The molecular weight excluding hydrogens is 272 g/mol. The number of hydrogen-bond donors (Lipinski definition) is 2. The van der Waals surface area contributed by atoms with Crippen molar-refractivity contribution in [3.8, 4) is 12.8 Å². The predicted molar refractivity (Wildman–Crippen MR) is 94.5 cm³/mol. The molecule has 1 aliphatic carbocycles. The normalized spacial score (nSPS) is 17.8. The average Bonchev–Trinajstić information content (AvgIpc) is 2.96. The van der Waals surface area contributed by atoms with Gasteiger partial charge in [-0.25, -0.2) is 4.99 Å². The highest BCUT2D eigenvalue weighted by Gasteiger charge is 2.24. The molecule has 0 saturated heterocycles. The number of benzene rings is 1. The van der Waals surface area contributed by atoms with Gasteiger partial charge < -0.3 is 10.3 Å². The van der Waals surface area contributed by atoms with Gasteiger partial charge in [0.05, 0.1) is 6.04 Å². The van der Waals surface area contributed by atoms with E-state index in [-0.39, 0.29) is 6.04 Å². The number of H-pyrrole nitrogens is 1. The fourth-order valence-electron chi connectivity index (χ4n) is 3.00. The van der Waals surface area contributed by atoms with Crippen LogP contribution in [-0.2, 0) is 6.42 Å². The molecule has 0 radical (unpaired) electrons. The first-order chi connectivity index (χ1) is 10.8. The highest BCUT2D eigenvalue weighted by Crippen LogP contribution is 2.34. The van der Waals surface area contributed by atoms with Crippen molar-refractivity contribution in [3.05, 3.63) is 35.5 Å². The number of aromatic nitrogens is 1. The second-order valence-electron chi connectivity index (χ2n) is 5.09. The molecule has 1 aliphatic rings. The molecule has 1 aromatic heterocycles. The van der Waals surface area contributed by atoms with Gasteiger partial charge in [-0.2, -0.15) is 0 Å². The van der Waals surface area contributed by atoms with E-state index in [4.69, 9.17) is 0 Å². The number of aliphatic imine (C=N–C) groups is 2. The molecule has 2 N–H and O–H groups in total. The van der Waals surface area contributed by atoms with Gasteiger partial charge in [0.15, 0.2) is 0 Å². The van der Waals surface area contributed by atoms with E-state index >= 15 is 0 Å². The van der Waals surface area contributed by atoms with E-state index in [1.54, 1.807) is 13.3 Å². The summed E-state index contributed by atoms with van der Waals surface area (Å²) in [5, 5.41) is 4.79. The summed E-state index contributed by atoms with van der Waals surface area (Å²) in [6, 6.07) is 8.80. The molecule has 3 rings (SSSR count). The fourth-order valence-corrected chi connectivity index (χ4v) is 3.00. The minimum absolute atomic E-state index is 0.272. The first kappa shape index (κ1) is 15.8. The van der Waals surface area contributed by atoms with E-state index in [9.17, 15) is 0 Å². The molecule has 4 nitrogen and oxygen atoms in total. The van der Waals surface area contributed by atoms with Crippen LogP contribution in [0, 0.1) is 12.8 Å². The zero-order valence-electron chi connectivity index (χ0n) is 13.1. The lowest BCUT2D eigenvalue weighted by Gasteiger charge is -2.24. The quantitative estimate of drug-likeness (QED) is 0.472. The van der Waals surface area contributed by atoms with E-state index in [1.807, 2.05) is 6.92 Å². The fraction of sp³-hybridized carbons (Fsp3) is 0.333. The summed E-state index contributed by atoms with van der Waals surface area (Å²) >= 11 is 0. The van der Waals surface area contributed by atoms with Gasteiger partial charge in [0, 0.05) is 29.9 Å². The van der Waals surface area contributed by atoms with Crippen LogP contribution in [0.1, 0.15) is 37.1 Å². The summed E-state index contributed by atoms with van der Waals surface area (Å²) < 4.78 is 0. The smallest absolute Gasteiger partial charge is 0.217 e.